The Morgan fingerprint density at radius 1 is 1.54 bits per heavy atom. The second-order valence-electron chi connectivity index (χ2n) is 3.90. The van der Waals surface area contributed by atoms with Crippen LogP contribution in [0.4, 0.5) is 0 Å². The lowest BCUT2D eigenvalue weighted by Gasteiger charge is -2.34. The molecule has 0 aromatic carbocycles. The van der Waals surface area contributed by atoms with E-state index in [0.29, 0.717) is 6.17 Å². The van der Waals surface area contributed by atoms with E-state index in [1.165, 1.54) is 25.8 Å². The summed E-state index contributed by atoms with van der Waals surface area (Å²) < 4.78 is 5.45. The molecule has 1 radical (unpaired) electrons. The molecule has 1 unspecified atom stereocenters. The zero-order valence-electron chi connectivity index (χ0n) is 8.41. The molecule has 2 heterocycles. The molecule has 0 saturated carbocycles. The smallest absolute Gasteiger partial charge is 0.100 e. The van der Waals surface area contributed by atoms with Crippen LogP contribution in [-0.4, -0.2) is 43.4 Å². The molecule has 0 N–H and O–H groups in total. The van der Waals surface area contributed by atoms with E-state index in [1.54, 1.807) is 0 Å². The van der Waals surface area contributed by atoms with Crippen LogP contribution in [0.2, 0.25) is 0 Å². The van der Waals surface area contributed by atoms with E-state index in [2.05, 4.69) is 17.1 Å². The number of likely N-dealkylation sites (tertiary alicyclic amines) is 1. The average molecular weight is 183 g/mol. The summed E-state index contributed by atoms with van der Waals surface area (Å²) in [6, 6.07) is 0.760. The van der Waals surface area contributed by atoms with E-state index in [4.69, 9.17) is 4.74 Å². The number of morpholine rings is 1. The molecule has 2 saturated heterocycles. The predicted octanol–water partition coefficient (Wildman–Crippen LogP) is 0.822. The Morgan fingerprint density at radius 2 is 2.46 bits per heavy atom. The highest BCUT2D eigenvalue weighted by Crippen LogP contribution is 2.22. The van der Waals surface area contributed by atoms with Gasteiger partial charge in [-0.3, -0.25) is 4.90 Å². The van der Waals surface area contributed by atoms with Crippen molar-refractivity contribution in [2.24, 2.45) is 0 Å². The van der Waals surface area contributed by atoms with Gasteiger partial charge in [-0.2, -0.15) is 0 Å². The Morgan fingerprint density at radius 3 is 3.15 bits per heavy atom. The van der Waals surface area contributed by atoms with E-state index in [1.807, 2.05) is 0 Å². The summed E-state index contributed by atoms with van der Waals surface area (Å²) in [5.41, 5.74) is 0. The van der Waals surface area contributed by atoms with Gasteiger partial charge in [0.15, 0.2) is 0 Å². The Kier molecular flexibility index (Phi) is 3.19. The number of rotatable bonds is 2. The molecule has 2 atom stereocenters. The van der Waals surface area contributed by atoms with Crippen LogP contribution in [0.1, 0.15) is 26.2 Å². The number of hydrogen-bond acceptors (Lipinski definition) is 2. The van der Waals surface area contributed by atoms with Crippen molar-refractivity contribution in [3.63, 3.8) is 0 Å². The van der Waals surface area contributed by atoms with Gasteiger partial charge in [0.05, 0.1) is 13.2 Å². The highest BCUT2D eigenvalue weighted by atomic mass is 16.5. The molecule has 13 heavy (non-hydrogen) atoms. The molecule has 0 spiro atoms. The summed E-state index contributed by atoms with van der Waals surface area (Å²) in [6.07, 6.45) is 4.31. The second-order valence-corrected chi connectivity index (χ2v) is 3.90. The monoisotopic (exact) mass is 183 g/mol. The molecule has 0 bridgehead atoms. The second kappa shape index (κ2) is 4.40. The van der Waals surface area contributed by atoms with Crippen molar-refractivity contribution in [1.29, 1.82) is 0 Å². The van der Waals surface area contributed by atoms with Crippen molar-refractivity contribution in [2.75, 3.05) is 26.3 Å². The van der Waals surface area contributed by atoms with E-state index in [9.17, 15) is 0 Å². The summed E-state index contributed by atoms with van der Waals surface area (Å²) >= 11 is 0. The highest BCUT2D eigenvalue weighted by molar-refractivity contribution is 4.83. The van der Waals surface area contributed by atoms with Gasteiger partial charge in [0.25, 0.3) is 0 Å². The summed E-state index contributed by atoms with van der Waals surface area (Å²) in [6.45, 7) is 6.01. The van der Waals surface area contributed by atoms with Crippen molar-refractivity contribution < 1.29 is 4.74 Å². The fourth-order valence-corrected chi connectivity index (χ4v) is 2.40. The van der Waals surface area contributed by atoms with Gasteiger partial charge in [0.2, 0.25) is 0 Å². The molecular formula is C10H19N2O. The van der Waals surface area contributed by atoms with Crippen LogP contribution in [-0.2, 0) is 4.74 Å². The SMILES string of the molecule is CC[C@H]1CCCN1C1COCC[N]1. The zero-order chi connectivity index (χ0) is 9.10. The van der Waals surface area contributed by atoms with Crippen LogP contribution in [0.15, 0.2) is 0 Å². The first-order valence-corrected chi connectivity index (χ1v) is 5.42. The van der Waals surface area contributed by atoms with Gasteiger partial charge in [-0.15, -0.1) is 0 Å². The minimum Gasteiger partial charge on any atom is -0.377 e. The quantitative estimate of drug-likeness (QED) is 0.633. The van der Waals surface area contributed by atoms with Crippen molar-refractivity contribution in [3.8, 4) is 0 Å². The van der Waals surface area contributed by atoms with Gasteiger partial charge < -0.3 is 4.74 Å². The molecule has 75 valence electrons. The van der Waals surface area contributed by atoms with Crippen LogP contribution in [0.25, 0.3) is 0 Å². The van der Waals surface area contributed by atoms with Gasteiger partial charge >= 0.3 is 0 Å². The first-order valence-electron chi connectivity index (χ1n) is 5.42. The molecule has 3 heteroatoms. The van der Waals surface area contributed by atoms with Gasteiger partial charge in [0, 0.05) is 19.1 Å². The van der Waals surface area contributed by atoms with Gasteiger partial charge in [-0.05, 0) is 19.3 Å². The molecule has 0 aromatic rings. The van der Waals surface area contributed by atoms with Crippen molar-refractivity contribution in [1.82, 2.24) is 10.2 Å². The average Bonchev–Trinajstić information content (AvgIpc) is 2.67. The lowest BCUT2D eigenvalue weighted by Crippen LogP contribution is -2.50. The maximum absolute atomic E-state index is 5.45. The molecule has 0 amide bonds. The molecular weight excluding hydrogens is 164 g/mol. The normalized spacial score (nSPS) is 36.7. The highest BCUT2D eigenvalue weighted by Gasteiger charge is 2.31. The number of ether oxygens (including phenoxy) is 1. The lowest BCUT2D eigenvalue weighted by atomic mass is 10.1. The van der Waals surface area contributed by atoms with Gasteiger partial charge in [0.1, 0.15) is 6.17 Å². The number of hydrogen-bond donors (Lipinski definition) is 0. The van der Waals surface area contributed by atoms with Crippen molar-refractivity contribution in [3.05, 3.63) is 0 Å². The molecule has 0 aliphatic carbocycles. The molecule has 0 aromatic heterocycles. The van der Waals surface area contributed by atoms with E-state index < -0.39 is 0 Å². The maximum atomic E-state index is 5.45. The Labute approximate surface area is 80.4 Å². The predicted molar refractivity (Wildman–Crippen MR) is 51.6 cm³/mol. The zero-order valence-corrected chi connectivity index (χ0v) is 8.41. The summed E-state index contributed by atoms with van der Waals surface area (Å²) in [5, 5.41) is 4.61. The van der Waals surface area contributed by atoms with Gasteiger partial charge in [-0.25, -0.2) is 5.32 Å². The molecule has 2 aliphatic rings. The third-order valence-corrected chi connectivity index (χ3v) is 3.12. The minimum absolute atomic E-state index is 0.362. The van der Waals surface area contributed by atoms with Gasteiger partial charge in [-0.1, -0.05) is 6.92 Å². The number of nitrogens with zero attached hydrogens (tertiary/aromatic N) is 2. The summed E-state index contributed by atoms with van der Waals surface area (Å²) in [7, 11) is 0. The standard InChI is InChI=1S/C10H19N2O/c1-2-9-4-3-6-12(9)10-8-13-7-5-11-10/h9-10H,2-8H2,1H3/t9-,10?/m0/s1. The van der Waals surface area contributed by atoms with Crippen LogP contribution < -0.4 is 5.32 Å². The Hall–Kier alpha value is -0.120. The Bertz CT molecular complexity index is 157. The third-order valence-electron chi connectivity index (χ3n) is 3.12. The lowest BCUT2D eigenvalue weighted by molar-refractivity contribution is 0.000743. The van der Waals surface area contributed by atoms with Crippen molar-refractivity contribution >= 4 is 0 Å². The molecule has 2 fully saturated rings. The fourth-order valence-electron chi connectivity index (χ4n) is 2.40. The molecule has 2 rings (SSSR count). The van der Waals surface area contributed by atoms with E-state index in [0.717, 1.165) is 25.8 Å². The van der Waals surface area contributed by atoms with E-state index >= 15 is 0 Å². The maximum Gasteiger partial charge on any atom is 0.100 e. The molecule has 2 aliphatic heterocycles. The van der Waals surface area contributed by atoms with E-state index in [-0.39, 0.29) is 0 Å². The molecule has 3 nitrogen and oxygen atoms in total. The topological polar surface area (TPSA) is 26.6 Å². The summed E-state index contributed by atoms with van der Waals surface area (Å²) in [4.78, 5) is 2.53. The van der Waals surface area contributed by atoms with Crippen molar-refractivity contribution in [2.45, 2.75) is 38.4 Å². The largest absolute Gasteiger partial charge is 0.377 e. The first-order chi connectivity index (χ1) is 6.42. The van der Waals surface area contributed by atoms with Crippen LogP contribution >= 0.6 is 0 Å². The van der Waals surface area contributed by atoms with Crippen LogP contribution in [0.5, 0.6) is 0 Å². The minimum atomic E-state index is 0.362. The van der Waals surface area contributed by atoms with Crippen LogP contribution in [0, 0.1) is 0 Å². The third kappa shape index (κ3) is 2.03. The summed E-state index contributed by atoms with van der Waals surface area (Å²) in [5.74, 6) is 0. The first kappa shape index (κ1) is 9.44. The fraction of sp³-hybridized carbons (Fsp3) is 1.00. The van der Waals surface area contributed by atoms with Crippen LogP contribution in [0.3, 0.4) is 0 Å². The Balaban J connectivity index is 1.90.